The minimum absolute atomic E-state index is 0. The smallest absolute Gasteiger partial charge is 0.237 e. The molecule has 1 N–H and O–H groups in total. The van der Waals surface area contributed by atoms with Crippen LogP contribution in [0.25, 0.3) is 11.0 Å². The Morgan fingerprint density at radius 2 is 2.21 bits per heavy atom. The molecule has 1 aromatic heterocycles. The van der Waals surface area contributed by atoms with Crippen LogP contribution >= 0.6 is 12.4 Å². The van der Waals surface area contributed by atoms with Crippen molar-refractivity contribution in [1.82, 2.24) is 15.1 Å². The van der Waals surface area contributed by atoms with Gasteiger partial charge in [0.05, 0.1) is 12.6 Å². The first kappa shape index (κ1) is 18.8. The van der Waals surface area contributed by atoms with Crippen LogP contribution < -0.4 is 5.32 Å². The molecular weight excluding hydrogens is 326 g/mol. The molecule has 1 aliphatic rings. The molecule has 0 radical (unpaired) electrons. The zero-order chi connectivity index (χ0) is 16.4. The molecule has 1 aromatic carbocycles. The fourth-order valence-electron chi connectivity index (χ4n) is 3.02. The Labute approximate surface area is 149 Å². The highest BCUT2D eigenvalue weighted by Gasteiger charge is 2.25. The van der Waals surface area contributed by atoms with E-state index in [1.54, 1.807) is 4.90 Å². The van der Waals surface area contributed by atoms with Gasteiger partial charge >= 0.3 is 0 Å². The van der Waals surface area contributed by atoms with Crippen molar-refractivity contribution in [2.24, 2.45) is 0 Å². The van der Waals surface area contributed by atoms with Crippen LogP contribution in [-0.4, -0.2) is 55.0 Å². The van der Waals surface area contributed by atoms with Gasteiger partial charge in [-0.3, -0.25) is 9.69 Å². The van der Waals surface area contributed by atoms with Crippen molar-refractivity contribution in [3.8, 4) is 0 Å². The summed E-state index contributed by atoms with van der Waals surface area (Å²) in [7, 11) is 1.85. The average molecular weight is 352 g/mol. The van der Waals surface area contributed by atoms with Crippen molar-refractivity contribution >= 4 is 29.3 Å². The molecule has 1 fully saturated rings. The van der Waals surface area contributed by atoms with Crippen LogP contribution in [0.1, 0.15) is 25.6 Å². The molecule has 1 unspecified atom stereocenters. The normalized spacial score (nSPS) is 19.7. The number of rotatable bonds is 4. The number of fused-ring (bicyclic) bond motifs is 1. The van der Waals surface area contributed by atoms with Gasteiger partial charge in [-0.15, -0.1) is 12.4 Å². The maximum absolute atomic E-state index is 12.6. The first-order chi connectivity index (χ1) is 11.1. The number of nitrogens with zero attached hydrogens (tertiary/aromatic N) is 2. The van der Waals surface area contributed by atoms with Crippen molar-refractivity contribution in [2.45, 2.75) is 25.9 Å². The van der Waals surface area contributed by atoms with E-state index >= 15 is 0 Å². The molecule has 6 heteroatoms. The summed E-state index contributed by atoms with van der Waals surface area (Å²) in [6.45, 7) is 7.43. The number of para-hydroxylation sites is 1. The Morgan fingerprint density at radius 1 is 1.46 bits per heavy atom. The summed E-state index contributed by atoms with van der Waals surface area (Å²) < 4.78 is 5.89. The second-order valence-electron chi connectivity index (χ2n) is 6.39. The molecule has 2 atom stereocenters. The second-order valence-corrected chi connectivity index (χ2v) is 6.39. The SMILES string of the molecule is CC(c1cc2ccccc2o1)N(C)C(=O)CN1CCNC[C@H]1C.Cl. The molecule has 2 heterocycles. The van der Waals surface area contributed by atoms with Gasteiger partial charge in [0.1, 0.15) is 11.3 Å². The predicted octanol–water partition coefficient (Wildman–Crippen LogP) is 2.67. The maximum atomic E-state index is 12.6. The van der Waals surface area contributed by atoms with E-state index in [9.17, 15) is 4.79 Å². The number of piperazine rings is 1. The van der Waals surface area contributed by atoms with E-state index in [-0.39, 0.29) is 24.4 Å². The van der Waals surface area contributed by atoms with E-state index in [2.05, 4.69) is 17.1 Å². The van der Waals surface area contributed by atoms with Gasteiger partial charge < -0.3 is 14.6 Å². The van der Waals surface area contributed by atoms with E-state index in [0.717, 1.165) is 36.4 Å². The van der Waals surface area contributed by atoms with E-state index < -0.39 is 0 Å². The van der Waals surface area contributed by atoms with Crippen LogP contribution in [0, 0.1) is 0 Å². The summed E-state index contributed by atoms with van der Waals surface area (Å²) in [6.07, 6.45) is 0. The molecule has 1 amide bonds. The number of nitrogens with one attached hydrogen (secondary N) is 1. The highest BCUT2D eigenvalue weighted by Crippen LogP contribution is 2.26. The Hall–Kier alpha value is -1.56. The molecule has 2 aromatic rings. The lowest BCUT2D eigenvalue weighted by Crippen LogP contribution is -2.53. The Bertz CT molecular complexity index is 655. The average Bonchev–Trinajstić information content (AvgIpc) is 2.99. The number of furan rings is 1. The van der Waals surface area contributed by atoms with Gasteiger partial charge in [-0.1, -0.05) is 18.2 Å². The van der Waals surface area contributed by atoms with Gasteiger partial charge in [-0.2, -0.15) is 0 Å². The highest BCUT2D eigenvalue weighted by atomic mass is 35.5. The molecule has 5 nitrogen and oxygen atoms in total. The minimum atomic E-state index is -0.0758. The lowest BCUT2D eigenvalue weighted by atomic mass is 10.2. The van der Waals surface area contributed by atoms with Crippen LogP contribution in [0.5, 0.6) is 0 Å². The Morgan fingerprint density at radius 3 is 2.92 bits per heavy atom. The fraction of sp³-hybridized carbons (Fsp3) is 0.500. The third-order valence-electron chi connectivity index (χ3n) is 4.81. The number of halogens is 1. The van der Waals surface area contributed by atoms with Crippen LogP contribution in [0.3, 0.4) is 0 Å². The van der Waals surface area contributed by atoms with Crippen molar-refractivity contribution in [2.75, 3.05) is 33.2 Å². The molecular formula is C18H26ClN3O2. The summed E-state index contributed by atoms with van der Waals surface area (Å²) in [5.41, 5.74) is 0.867. The number of hydrogen-bond acceptors (Lipinski definition) is 4. The van der Waals surface area contributed by atoms with Crippen molar-refractivity contribution in [1.29, 1.82) is 0 Å². The lowest BCUT2D eigenvalue weighted by molar-refractivity contribution is -0.134. The summed E-state index contributed by atoms with van der Waals surface area (Å²) in [5, 5.41) is 4.42. The molecule has 132 valence electrons. The van der Waals surface area contributed by atoms with Crippen LogP contribution in [0.4, 0.5) is 0 Å². The van der Waals surface area contributed by atoms with Crippen LogP contribution in [-0.2, 0) is 4.79 Å². The van der Waals surface area contributed by atoms with Crippen LogP contribution in [0.2, 0.25) is 0 Å². The molecule has 0 aliphatic carbocycles. The van der Waals surface area contributed by atoms with Crippen LogP contribution in [0.15, 0.2) is 34.7 Å². The highest BCUT2D eigenvalue weighted by molar-refractivity contribution is 5.85. The number of carbonyl (C=O) groups is 1. The van der Waals surface area contributed by atoms with Crippen molar-refractivity contribution in [3.63, 3.8) is 0 Å². The summed E-state index contributed by atoms with van der Waals surface area (Å²) in [6, 6.07) is 10.3. The predicted molar refractivity (Wildman–Crippen MR) is 98.6 cm³/mol. The topological polar surface area (TPSA) is 48.7 Å². The largest absolute Gasteiger partial charge is 0.459 e. The molecule has 1 aliphatic heterocycles. The van der Waals surface area contributed by atoms with Crippen molar-refractivity contribution in [3.05, 3.63) is 36.1 Å². The maximum Gasteiger partial charge on any atom is 0.237 e. The first-order valence-corrected chi connectivity index (χ1v) is 8.25. The summed E-state index contributed by atoms with van der Waals surface area (Å²) in [5.74, 6) is 0.960. The number of benzene rings is 1. The number of amides is 1. The lowest BCUT2D eigenvalue weighted by Gasteiger charge is -2.35. The second kappa shape index (κ2) is 8.01. The van der Waals surface area contributed by atoms with Gasteiger partial charge in [0.15, 0.2) is 0 Å². The van der Waals surface area contributed by atoms with E-state index in [1.807, 2.05) is 44.3 Å². The third kappa shape index (κ3) is 3.91. The van der Waals surface area contributed by atoms with Gasteiger partial charge in [0.25, 0.3) is 0 Å². The van der Waals surface area contributed by atoms with Crippen molar-refractivity contribution < 1.29 is 9.21 Å². The molecule has 1 saturated heterocycles. The van der Waals surface area contributed by atoms with Gasteiger partial charge in [0.2, 0.25) is 5.91 Å². The summed E-state index contributed by atoms with van der Waals surface area (Å²) in [4.78, 5) is 16.6. The first-order valence-electron chi connectivity index (χ1n) is 8.25. The monoisotopic (exact) mass is 351 g/mol. The fourth-order valence-corrected chi connectivity index (χ4v) is 3.02. The standard InChI is InChI=1S/C18H25N3O2.ClH/c1-13-11-19-8-9-21(13)12-18(22)20(3)14(2)17-10-15-6-4-5-7-16(15)23-17;/h4-7,10,13-14,19H,8-9,11-12H2,1-3H3;1H/t13-,14?;/m1./s1. The molecule has 24 heavy (non-hydrogen) atoms. The zero-order valence-electron chi connectivity index (χ0n) is 14.5. The van der Waals surface area contributed by atoms with Gasteiger partial charge in [-0.25, -0.2) is 0 Å². The van der Waals surface area contributed by atoms with E-state index in [1.165, 1.54) is 0 Å². The minimum Gasteiger partial charge on any atom is -0.459 e. The Kier molecular flexibility index (Phi) is 6.27. The Balaban J connectivity index is 0.00000208. The zero-order valence-corrected chi connectivity index (χ0v) is 15.3. The molecule has 3 rings (SSSR count). The number of carbonyl (C=O) groups excluding carboxylic acids is 1. The molecule has 0 spiro atoms. The molecule has 0 saturated carbocycles. The summed E-state index contributed by atoms with van der Waals surface area (Å²) >= 11 is 0. The van der Waals surface area contributed by atoms with Gasteiger partial charge in [0, 0.05) is 38.1 Å². The number of likely N-dealkylation sites (N-methyl/N-ethyl adjacent to an activating group) is 1. The van der Waals surface area contributed by atoms with Gasteiger partial charge in [-0.05, 0) is 26.0 Å². The quantitative estimate of drug-likeness (QED) is 0.920. The molecule has 0 bridgehead atoms. The third-order valence-corrected chi connectivity index (χ3v) is 4.81. The number of hydrogen-bond donors (Lipinski definition) is 1. The van der Waals surface area contributed by atoms with E-state index in [0.29, 0.717) is 12.6 Å². The van der Waals surface area contributed by atoms with E-state index in [4.69, 9.17) is 4.42 Å².